The van der Waals surface area contributed by atoms with Crippen LogP contribution in [0.1, 0.15) is 11.1 Å². The van der Waals surface area contributed by atoms with E-state index in [0.29, 0.717) is 6.07 Å². The minimum absolute atomic E-state index is 0.0783. The van der Waals surface area contributed by atoms with E-state index in [1.165, 1.54) is 4.31 Å². The zero-order valence-corrected chi connectivity index (χ0v) is 14.7. The number of rotatable bonds is 6. The maximum Gasteiger partial charge on any atom is 0.246 e. The van der Waals surface area contributed by atoms with Gasteiger partial charge in [-0.25, -0.2) is 17.2 Å². The average molecular weight is 373 g/mol. The highest BCUT2D eigenvalue weighted by Crippen LogP contribution is 2.24. The Kier molecular flexibility index (Phi) is 5.44. The third-order valence-corrected chi connectivity index (χ3v) is 5.74. The zero-order valence-electron chi connectivity index (χ0n) is 13.8. The summed E-state index contributed by atoms with van der Waals surface area (Å²) < 4.78 is 54.6. The third kappa shape index (κ3) is 4.15. The van der Waals surface area contributed by atoms with Crippen molar-refractivity contribution in [2.75, 3.05) is 0 Å². The quantitative estimate of drug-likeness (QED) is 0.644. The molecule has 0 unspecified atom stereocenters. The number of hydrogen-bond donors (Lipinski definition) is 0. The summed E-state index contributed by atoms with van der Waals surface area (Å²) in [6.45, 7) is 0.157. The van der Waals surface area contributed by atoms with Crippen molar-refractivity contribution in [2.24, 2.45) is 0 Å². The predicted molar refractivity (Wildman–Crippen MR) is 95.7 cm³/mol. The van der Waals surface area contributed by atoms with Crippen molar-refractivity contribution in [1.82, 2.24) is 4.31 Å². The molecule has 0 aliphatic carbocycles. The zero-order chi connectivity index (χ0) is 18.6. The van der Waals surface area contributed by atoms with Gasteiger partial charge in [-0.3, -0.25) is 0 Å². The Morgan fingerprint density at radius 2 is 1.23 bits per heavy atom. The average Bonchev–Trinajstić information content (AvgIpc) is 2.62. The van der Waals surface area contributed by atoms with Gasteiger partial charge in [-0.1, -0.05) is 60.7 Å². The van der Waals surface area contributed by atoms with Gasteiger partial charge in [0.2, 0.25) is 10.0 Å². The van der Waals surface area contributed by atoms with Crippen molar-refractivity contribution in [3.63, 3.8) is 0 Å². The molecule has 0 fully saturated rings. The molecule has 3 nitrogen and oxygen atoms in total. The van der Waals surface area contributed by atoms with Gasteiger partial charge in [-0.05, 0) is 23.3 Å². The summed E-state index contributed by atoms with van der Waals surface area (Å²) >= 11 is 0. The van der Waals surface area contributed by atoms with Gasteiger partial charge in [0.05, 0.1) is 0 Å². The highest BCUT2D eigenvalue weighted by molar-refractivity contribution is 7.89. The molecule has 0 amide bonds. The van der Waals surface area contributed by atoms with Crippen molar-refractivity contribution >= 4 is 10.0 Å². The van der Waals surface area contributed by atoms with Crippen LogP contribution in [0.2, 0.25) is 0 Å². The van der Waals surface area contributed by atoms with Crippen LogP contribution in [-0.2, 0) is 23.1 Å². The molecule has 3 aromatic rings. The molecule has 3 rings (SSSR count). The second-order valence-electron chi connectivity index (χ2n) is 5.82. The van der Waals surface area contributed by atoms with Gasteiger partial charge in [0, 0.05) is 19.2 Å². The van der Waals surface area contributed by atoms with Crippen LogP contribution in [0.5, 0.6) is 0 Å². The third-order valence-electron chi connectivity index (χ3n) is 3.92. The van der Waals surface area contributed by atoms with Crippen molar-refractivity contribution in [1.29, 1.82) is 0 Å². The van der Waals surface area contributed by atoms with Crippen LogP contribution in [0.4, 0.5) is 8.78 Å². The van der Waals surface area contributed by atoms with Gasteiger partial charge in [-0.15, -0.1) is 0 Å². The summed E-state index contributed by atoms with van der Waals surface area (Å²) in [5.74, 6) is -1.92. The summed E-state index contributed by atoms with van der Waals surface area (Å²) in [4.78, 5) is -0.536. The Hall–Kier alpha value is -2.57. The van der Waals surface area contributed by atoms with E-state index in [1.54, 1.807) is 48.5 Å². The summed E-state index contributed by atoms with van der Waals surface area (Å²) in [5, 5.41) is 0. The largest absolute Gasteiger partial charge is 0.246 e. The molecular weight excluding hydrogens is 356 g/mol. The van der Waals surface area contributed by atoms with E-state index in [2.05, 4.69) is 0 Å². The number of hydrogen-bond acceptors (Lipinski definition) is 2. The van der Waals surface area contributed by atoms with Crippen LogP contribution in [-0.4, -0.2) is 12.7 Å². The highest BCUT2D eigenvalue weighted by atomic mass is 32.2. The summed E-state index contributed by atoms with van der Waals surface area (Å²) in [5.41, 5.74) is 1.55. The smallest absolute Gasteiger partial charge is 0.207 e. The van der Waals surface area contributed by atoms with Gasteiger partial charge in [0.15, 0.2) is 0 Å². The first kappa shape index (κ1) is 18.2. The van der Waals surface area contributed by atoms with Crippen LogP contribution in [0.3, 0.4) is 0 Å². The minimum atomic E-state index is -4.15. The Morgan fingerprint density at radius 3 is 1.69 bits per heavy atom. The molecule has 0 aliphatic heterocycles. The van der Waals surface area contributed by atoms with Crippen LogP contribution >= 0.6 is 0 Å². The monoisotopic (exact) mass is 373 g/mol. The van der Waals surface area contributed by atoms with Crippen molar-refractivity contribution in [3.8, 4) is 0 Å². The van der Waals surface area contributed by atoms with Gasteiger partial charge in [0.25, 0.3) is 0 Å². The van der Waals surface area contributed by atoms with Gasteiger partial charge in [0.1, 0.15) is 16.5 Å². The summed E-state index contributed by atoms with van der Waals surface area (Å²) in [6.07, 6.45) is 0. The SMILES string of the molecule is O=S(=O)(c1ccc(F)cc1F)N(Cc1ccccc1)Cc1ccccc1. The Balaban J connectivity index is 2.00. The van der Waals surface area contributed by atoms with E-state index < -0.39 is 26.6 Å². The molecule has 0 N–H and O–H groups in total. The number of halogens is 2. The van der Waals surface area contributed by atoms with Crippen molar-refractivity contribution in [2.45, 2.75) is 18.0 Å². The lowest BCUT2D eigenvalue weighted by Crippen LogP contribution is -2.31. The first-order valence-corrected chi connectivity index (χ1v) is 9.44. The van der Waals surface area contributed by atoms with Crippen LogP contribution in [0.15, 0.2) is 83.8 Å². The first-order valence-electron chi connectivity index (χ1n) is 8.00. The lowest BCUT2D eigenvalue weighted by molar-refractivity contribution is 0.397. The molecule has 3 aromatic carbocycles. The normalized spacial score (nSPS) is 11.7. The fraction of sp³-hybridized carbons (Fsp3) is 0.100. The number of benzene rings is 3. The number of sulfonamides is 1. The number of nitrogens with zero attached hydrogens (tertiary/aromatic N) is 1. The fourth-order valence-electron chi connectivity index (χ4n) is 2.62. The summed E-state index contributed by atoms with van der Waals surface area (Å²) in [7, 11) is -4.15. The second kappa shape index (κ2) is 7.76. The molecule has 0 atom stereocenters. The van der Waals surface area contributed by atoms with Gasteiger partial charge >= 0.3 is 0 Å². The van der Waals surface area contributed by atoms with E-state index in [9.17, 15) is 17.2 Å². The molecule has 0 bridgehead atoms. The lowest BCUT2D eigenvalue weighted by atomic mass is 10.2. The molecule has 0 aromatic heterocycles. The molecule has 0 heterocycles. The van der Waals surface area contributed by atoms with Crippen LogP contribution in [0, 0.1) is 11.6 Å². The van der Waals surface area contributed by atoms with E-state index in [4.69, 9.17) is 0 Å². The van der Waals surface area contributed by atoms with Gasteiger partial charge in [-0.2, -0.15) is 4.31 Å². The Morgan fingerprint density at radius 1 is 0.731 bits per heavy atom. The minimum Gasteiger partial charge on any atom is -0.207 e. The summed E-state index contributed by atoms with van der Waals surface area (Å²) in [6, 6.07) is 20.6. The Bertz CT molecular complexity index is 936. The molecule has 0 aliphatic rings. The fourth-order valence-corrected chi connectivity index (χ4v) is 4.09. The van der Waals surface area contributed by atoms with Crippen molar-refractivity contribution in [3.05, 3.63) is 102 Å². The van der Waals surface area contributed by atoms with E-state index in [0.717, 1.165) is 23.3 Å². The standard InChI is InChI=1S/C20H17F2NO2S/c21-18-11-12-20(19(22)13-18)26(24,25)23(14-16-7-3-1-4-8-16)15-17-9-5-2-6-10-17/h1-13H,14-15H2. The topological polar surface area (TPSA) is 37.4 Å². The van der Waals surface area contributed by atoms with Crippen molar-refractivity contribution < 1.29 is 17.2 Å². The lowest BCUT2D eigenvalue weighted by Gasteiger charge is -2.23. The predicted octanol–water partition coefficient (Wildman–Crippen LogP) is 4.36. The molecule has 134 valence electrons. The highest BCUT2D eigenvalue weighted by Gasteiger charge is 2.28. The molecular formula is C20H17F2NO2S. The molecule has 0 saturated heterocycles. The molecule has 26 heavy (non-hydrogen) atoms. The molecule has 6 heteroatoms. The second-order valence-corrected chi connectivity index (χ2v) is 7.73. The molecule has 0 radical (unpaired) electrons. The molecule has 0 spiro atoms. The van der Waals surface area contributed by atoms with Crippen LogP contribution in [0.25, 0.3) is 0 Å². The van der Waals surface area contributed by atoms with E-state index in [-0.39, 0.29) is 13.1 Å². The Labute approximate surface area is 151 Å². The maximum absolute atomic E-state index is 14.1. The first-order chi connectivity index (χ1) is 12.5. The van der Waals surface area contributed by atoms with E-state index in [1.807, 2.05) is 12.1 Å². The van der Waals surface area contributed by atoms with Gasteiger partial charge < -0.3 is 0 Å². The van der Waals surface area contributed by atoms with Crippen LogP contribution < -0.4 is 0 Å². The van der Waals surface area contributed by atoms with E-state index >= 15 is 0 Å². The molecule has 0 saturated carbocycles. The maximum atomic E-state index is 14.1.